The highest BCUT2D eigenvalue weighted by atomic mass is 127. The van der Waals surface area contributed by atoms with Gasteiger partial charge in [-0.1, -0.05) is 43.7 Å². The Morgan fingerprint density at radius 2 is 1.91 bits per heavy atom. The quantitative estimate of drug-likeness (QED) is 0.430. The molecule has 0 unspecified atom stereocenters. The second-order valence-electron chi connectivity index (χ2n) is 4.96. The minimum atomic E-state index is -0.227. The summed E-state index contributed by atoms with van der Waals surface area (Å²) in [6.45, 7) is 2.09. The molecule has 4 nitrogen and oxygen atoms in total. The van der Waals surface area contributed by atoms with Crippen LogP contribution in [0.5, 0.6) is 5.75 Å². The minimum absolute atomic E-state index is 0.227. The predicted molar refractivity (Wildman–Crippen MR) is 101 cm³/mol. The molecule has 0 radical (unpaired) electrons. The third-order valence-corrected chi connectivity index (χ3v) is 4.14. The number of carbonyl (C=O) groups is 1. The van der Waals surface area contributed by atoms with Crippen molar-refractivity contribution in [3.05, 3.63) is 63.2 Å². The summed E-state index contributed by atoms with van der Waals surface area (Å²) in [6, 6.07) is 15.2. The van der Waals surface area contributed by atoms with Crippen LogP contribution in [0.15, 0.2) is 53.6 Å². The smallest absolute Gasteiger partial charge is 0.271 e. The second kappa shape index (κ2) is 8.67. The van der Waals surface area contributed by atoms with Crippen molar-refractivity contribution in [3.63, 3.8) is 0 Å². The molecule has 0 fully saturated rings. The normalized spacial score (nSPS) is 11.2. The fourth-order valence-electron chi connectivity index (χ4n) is 2.12. The van der Waals surface area contributed by atoms with Gasteiger partial charge in [-0.05, 0) is 52.8 Å². The first-order valence-electron chi connectivity index (χ1n) is 7.41. The summed E-state index contributed by atoms with van der Waals surface area (Å²) >= 11 is 2.14. The van der Waals surface area contributed by atoms with Gasteiger partial charge in [0, 0.05) is 5.56 Å². The first-order chi connectivity index (χ1) is 11.2. The number of nitrogens with one attached hydrogen (secondary N) is 1. The standard InChI is InChI=1S/C18H19IN2O2/c1-3-7-16(13-8-5-4-6-9-13)20-21-18(22)14-10-11-17(23-2)15(19)12-14/h4-6,8-12H,3,7H2,1-2H3,(H,21,22)/b20-16+. The van der Waals surface area contributed by atoms with Crippen LogP contribution in [0.2, 0.25) is 0 Å². The third-order valence-electron chi connectivity index (χ3n) is 3.30. The van der Waals surface area contributed by atoms with Gasteiger partial charge in [-0.2, -0.15) is 5.10 Å². The summed E-state index contributed by atoms with van der Waals surface area (Å²) in [7, 11) is 1.61. The number of amides is 1. The number of hydrogen-bond donors (Lipinski definition) is 1. The monoisotopic (exact) mass is 422 g/mol. The van der Waals surface area contributed by atoms with Gasteiger partial charge >= 0.3 is 0 Å². The van der Waals surface area contributed by atoms with Gasteiger partial charge in [0.1, 0.15) is 5.75 Å². The van der Waals surface area contributed by atoms with Crippen molar-refractivity contribution in [2.45, 2.75) is 19.8 Å². The van der Waals surface area contributed by atoms with Crippen LogP contribution in [0.3, 0.4) is 0 Å². The predicted octanol–water partition coefficient (Wildman–Crippen LogP) is 4.23. The Balaban J connectivity index is 2.16. The van der Waals surface area contributed by atoms with Crippen molar-refractivity contribution in [1.29, 1.82) is 0 Å². The van der Waals surface area contributed by atoms with Crippen molar-refractivity contribution in [2.24, 2.45) is 5.10 Å². The van der Waals surface area contributed by atoms with Crippen molar-refractivity contribution in [2.75, 3.05) is 7.11 Å². The van der Waals surface area contributed by atoms with Gasteiger partial charge in [0.25, 0.3) is 5.91 Å². The van der Waals surface area contributed by atoms with Crippen LogP contribution >= 0.6 is 22.6 Å². The number of benzene rings is 2. The Morgan fingerprint density at radius 3 is 2.52 bits per heavy atom. The molecule has 2 rings (SSSR count). The molecule has 120 valence electrons. The highest BCUT2D eigenvalue weighted by Gasteiger charge is 2.09. The number of ether oxygens (including phenoxy) is 1. The lowest BCUT2D eigenvalue weighted by molar-refractivity contribution is 0.0954. The number of nitrogens with zero attached hydrogens (tertiary/aromatic N) is 1. The zero-order chi connectivity index (χ0) is 16.7. The second-order valence-corrected chi connectivity index (χ2v) is 6.13. The van der Waals surface area contributed by atoms with Gasteiger partial charge < -0.3 is 4.74 Å². The maximum atomic E-state index is 12.3. The van der Waals surface area contributed by atoms with E-state index >= 15 is 0 Å². The maximum absolute atomic E-state index is 12.3. The molecule has 0 aromatic heterocycles. The van der Waals surface area contributed by atoms with E-state index in [4.69, 9.17) is 4.74 Å². The van der Waals surface area contributed by atoms with Gasteiger partial charge in [-0.3, -0.25) is 4.79 Å². The van der Waals surface area contributed by atoms with E-state index in [1.807, 2.05) is 30.3 Å². The largest absolute Gasteiger partial charge is 0.496 e. The molecule has 0 aliphatic heterocycles. The molecular formula is C18H19IN2O2. The first-order valence-corrected chi connectivity index (χ1v) is 8.49. The lowest BCUT2D eigenvalue weighted by Gasteiger charge is -2.08. The van der Waals surface area contributed by atoms with Crippen LogP contribution in [0.4, 0.5) is 0 Å². The van der Waals surface area contributed by atoms with E-state index in [2.05, 4.69) is 40.0 Å². The van der Waals surface area contributed by atoms with Gasteiger partial charge in [0.2, 0.25) is 0 Å². The topological polar surface area (TPSA) is 50.7 Å². The fraction of sp³-hybridized carbons (Fsp3) is 0.222. The highest BCUT2D eigenvalue weighted by Crippen LogP contribution is 2.21. The number of rotatable bonds is 6. The molecular weight excluding hydrogens is 403 g/mol. The lowest BCUT2D eigenvalue weighted by Crippen LogP contribution is -2.20. The number of hydrazone groups is 1. The van der Waals surface area contributed by atoms with Crippen molar-refractivity contribution in [1.82, 2.24) is 5.43 Å². The molecule has 2 aromatic rings. The molecule has 0 heterocycles. The average Bonchev–Trinajstić information content (AvgIpc) is 2.59. The zero-order valence-corrected chi connectivity index (χ0v) is 15.3. The van der Waals surface area contributed by atoms with Crippen LogP contribution in [-0.4, -0.2) is 18.7 Å². The zero-order valence-electron chi connectivity index (χ0n) is 13.2. The fourth-order valence-corrected chi connectivity index (χ4v) is 2.86. The molecule has 0 aliphatic carbocycles. The molecule has 23 heavy (non-hydrogen) atoms. The molecule has 5 heteroatoms. The molecule has 0 saturated carbocycles. The van der Waals surface area contributed by atoms with E-state index in [1.165, 1.54) is 0 Å². The molecule has 0 bridgehead atoms. The van der Waals surface area contributed by atoms with E-state index in [1.54, 1.807) is 25.3 Å². The Bertz CT molecular complexity index is 699. The molecule has 0 atom stereocenters. The molecule has 0 aliphatic rings. The van der Waals surface area contributed by atoms with Crippen molar-refractivity contribution < 1.29 is 9.53 Å². The summed E-state index contributed by atoms with van der Waals surface area (Å²) in [5, 5.41) is 4.32. The highest BCUT2D eigenvalue weighted by molar-refractivity contribution is 14.1. The van der Waals surface area contributed by atoms with Gasteiger partial charge in [-0.15, -0.1) is 0 Å². The van der Waals surface area contributed by atoms with E-state index in [0.29, 0.717) is 5.56 Å². The van der Waals surface area contributed by atoms with Crippen LogP contribution < -0.4 is 10.2 Å². The summed E-state index contributed by atoms with van der Waals surface area (Å²) in [5.41, 5.74) is 5.12. The van der Waals surface area contributed by atoms with Gasteiger partial charge in [0.15, 0.2) is 0 Å². The Kier molecular flexibility index (Phi) is 6.58. The van der Waals surface area contributed by atoms with Crippen LogP contribution in [0, 0.1) is 3.57 Å². The average molecular weight is 422 g/mol. The van der Waals surface area contributed by atoms with Crippen LogP contribution in [-0.2, 0) is 0 Å². The van der Waals surface area contributed by atoms with Gasteiger partial charge in [-0.25, -0.2) is 5.43 Å². The molecule has 0 spiro atoms. The third kappa shape index (κ3) is 4.79. The molecule has 2 aromatic carbocycles. The van der Waals surface area contributed by atoms with E-state index in [-0.39, 0.29) is 5.91 Å². The number of methoxy groups -OCH3 is 1. The molecule has 1 N–H and O–H groups in total. The van der Waals surface area contributed by atoms with Crippen LogP contribution in [0.25, 0.3) is 0 Å². The molecule has 1 amide bonds. The van der Waals surface area contributed by atoms with E-state index < -0.39 is 0 Å². The van der Waals surface area contributed by atoms with Crippen molar-refractivity contribution >= 4 is 34.2 Å². The maximum Gasteiger partial charge on any atom is 0.271 e. The van der Waals surface area contributed by atoms with Gasteiger partial charge in [0.05, 0.1) is 16.4 Å². The lowest BCUT2D eigenvalue weighted by atomic mass is 10.1. The SMILES string of the molecule is CCC/C(=N\NC(=O)c1ccc(OC)c(I)c1)c1ccccc1. The Labute approximate surface area is 150 Å². The number of halogens is 1. The van der Waals surface area contributed by atoms with E-state index in [9.17, 15) is 4.79 Å². The summed E-state index contributed by atoms with van der Waals surface area (Å²) in [5.74, 6) is 0.525. The number of hydrogen-bond acceptors (Lipinski definition) is 3. The summed E-state index contributed by atoms with van der Waals surface area (Å²) in [4.78, 5) is 12.3. The Morgan fingerprint density at radius 1 is 1.17 bits per heavy atom. The van der Waals surface area contributed by atoms with E-state index in [0.717, 1.165) is 33.4 Å². The van der Waals surface area contributed by atoms with Crippen molar-refractivity contribution in [3.8, 4) is 5.75 Å². The first kappa shape index (κ1) is 17.5. The molecule has 0 saturated heterocycles. The Hall–Kier alpha value is -1.89. The van der Waals surface area contributed by atoms with Crippen LogP contribution in [0.1, 0.15) is 35.7 Å². The minimum Gasteiger partial charge on any atom is -0.496 e. The number of carbonyl (C=O) groups excluding carboxylic acids is 1. The summed E-state index contributed by atoms with van der Waals surface area (Å²) < 4.78 is 6.09. The summed E-state index contributed by atoms with van der Waals surface area (Å²) in [6.07, 6.45) is 1.77.